The monoisotopic (exact) mass is 281 g/mol. The van der Waals surface area contributed by atoms with Crippen molar-refractivity contribution in [1.82, 2.24) is 15.1 Å². The summed E-state index contributed by atoms with van der Waals surface area (Å²) in [6.07, 6.45) is 3.40. The summed E-state index contributed by atoms with van der Waals surface area (Å²) in [5, 5.41) is 8.34. The van der Waals surface area contributed by atoms with Crippen LogP contribution in [0.4, 0.5) is 0 Å². The molecule has 0 atom stereocenters. The molecule has 0 spiro atoms. The van der Waals surface area contributed by atoms with Gasteiger partial charge in [0, 0.05) is 5.56 Å². The van der Waals surface area contributed by atoms with Crippen LogP contribution >= 0.6 is 11.6 Å². The van der Waals surface area contributed by atoms with E-state index < -0.39 is 0 Å². The van der Waals surface area contributed by atoms with E-state index in [1.165, 1.54) is 0 Å². The first-order valence-corrected chi connectivity index (χ1v) is 6.89. The van der Waals surface area contributed by atoms with Crippen LogP contribution in [-0.2, 0) is 13.1 Å². The maximum absolute atomic E-state index is 6.01. The van der Waals surface area contributed by atoms with Gasteiger partial charge in [-0.25, -0.2) is 0 Å². The molecule has 0 saturated heterocycles. The van der Waals surface area contributed by atoms with Crippen LogP contribution in [0.3, 0.4) is 0 Å². The number of halogens is 1. The van der Waals surface area contributed by atoms with Gasteiger partial charge in [-0.15, -0.1) is 0 Å². The molecule has 0 fully saturated rings. The summed E-state index contributed by atoms with van der Waals surface area (Å²) < 4.78 is 7.42. The Morgan fingerprint density at radius 3 is 2.89 bits per heavy atom. The fourth-order valence-corrected chi connectivity index (χ4v) is 2.02. The van der Waals surface area contributed by atoms with Crippen molar-refractivity contribution in [2.45, 2.75) is 33.9 Å². The van der Waals surface area contributed by atoms with Gasteiger partial charge in [-0.05, 0) is 25.5 Å². The highest BCUT2D eigenvalue weighted by atomic mass is 35.5. The van der Waals surface area contributed by atoms with E-state index in [9.17, 15) is 0 Å². The van der Waals surface area contributed by atoms with E-state index >= 15 is 0 Å². The summed E-state index contributed by atoms with van der Waals surface area (Å²) in [5.74, 6) is 1.59. The van der Waals surface area contributed by atoms with E-state index in [4.69, 9.17) is 16.0 Å². The average molecular weight is 282 g/mol. The average Bonchev–Trinajstić information content (AvgIpc) is 2.91. The van der Waals surface area contributed by atoms with Crippen LogP contribution in [0.1, 0.15) is 30.9 Å². The molecule has 0 bridgehead atoms. The smallest absolute Gasteiger partial charge is 0.122 e. The molecule has 2 aromatic heterocycles. The molecule has 4 nitrogen and oxygen atoms in total. The lowest BCUT2D eigenvalue weighted by Gasteiger charge is -2.08. The van der Waals surface area contributed by atoms with Crippen LogP contribution in [0.2, 0.25) is 5.02 Å². The van der Waals surface area contributed by atoms with Crippen molar-refractivity contribution in [3.63, 3.8) is 0 Å². The Morgan fingerprint density at radius 1 is 1.47 bits per heavy atom. The molecular weight excluding hydrogens is 262 g/mol. The number of aromatic nitrogens is 2. The van der Waals surface area contributed by atoms with Crippen molar-refractivity contribution in [2.24, 2.45) is 5.92 Å². The highest BCUT2D eigenvalue weighted by Crippen LogP contribution is 2.17. The van der Waals surface area contributed by atoms with Crippen LogP contribution in [0, 0.1) is 12.8 Å². The zero-order chi connectivity index (χ0) is 13.8. The fraction of sp³-hybridized carbons (Fsp3) is 0.500. The Kier molecular flexibility index (Phi) is 4.66. The van der Waals surface area contributed by atoms with Crippen LogP contribution in [0.5, 0.6) is 0 Å². The summed E-state index contributed by atoms with van der Waals surface area (Å²) in [4.78, 5) is 0. The van der Waals surface area contributed by atoms with Crippen molar-refractivity contribution < 1.29 is 4.42 Å². The molecule has 0 radical (unpaired) electrons. The predicted octanol–water partition coefficient (Wildman–Crippen LogP) is 3.23. The van der Waals surface area contributed by atoms with Crippen LogP contribution < -0.4 is 5.32 Å². The Bertz CT molecular complexity index is 531. The van der Waals surface area contributed by atoms with Crippen LogP contribution in [0.15, 0.2) is 22.9 Å². The molecule has 2 heterocycles. The molecule has 2 rings (SSSR count). The molecule has 2 aromatic rings. The van der Waals surface area contributed by atoms with Crippen molar-refractivity contribution in [2.75, 3.05) is 6.54 Å². The van der Waals surface area contributed by atoms with E-state index in [0.29, 0.717) is 17.5 Å². The van der Waals surface area contributed by atoms with Gasteiger partial charge in [0.25, 0.3) is 0 Å². The number of hydrogen-bond donors (Lipinski definition) is 1. The lowest BCUT2D eigenvalue weighted by molar-refractivity contribution is 0.458. The second kappa shape index (κ2) is 6.26. The van der Waals surface area contributed by atoms with Gasteiger partial charge < -0.3 is 9.73 Å². The Hall–Kier alpha value is -1.26. The zero-order valence-electron chi connectivity index (χ0n) is 11.6. The molecule has 0 unspecified atom stereocenters. The van der Waals surface area contributed by atoms with Crippen molar-refractivity contribution in [3.8, 4) is 0 Å². The molecule has 0 amide bonds. The first-order chi connectivity index (χ1) is 9.08. The van der Waals surface area contributed by atoms with Crippen LogP contribution in [-0.4, -0.2) is 16.3 Å². The molecule has 0 aromatic carbocycles. The lowest BCUT2D eigenvalue weighted by Crippen LogP contribution is -2.19. The molecule has 1 N–H and O–H groups in total. The largest absolute Gasteiger partial charge is 0.468 e. The summed E-state index contributed by atoms with van der Waals surface area (Å²) >= 11 is 6.01. The summed E-state index contributed by atoms with van der Waals surface area (Å²) in [5.41, 5.74) is 2.11. The molecule has 5 heteroatoms. The summed E-state index contributed by atoms with van der Waals surface area (Å²) in [6.45, 7) is 8.75. The first-order valence-electron chi connectivity index (χ1n) is 6.51. The summed E-state index contributed by atoms with van der Waals surface area (Å²) in [7, 11) is 0. The third kappa shape index (κ3) is 3.61. The van der Waals surface area contributed by atoms with Gasteiger partial charge in [0.15, 0.2) is 0 Å². The summed E-state index contributed by atoms with van der Waals surface area (Å²) in [6, 6.07) is 1.99. The number of hydrogen-bond acceptors (Lipinski definition) is 3. The molecule has 0 aliphatic carbocycles. The number of nitrogens with zero attached hydrogens (tertiary/aromatic N) is 2. The third-order valence-corrected chi connectivity index (χ3v) is 3.41. The molecule has 0 saturated carbocycles. The van der Waals surface area contributed by atoms with E-state index in [2.05, 4.69) is 24.3 Å². The maximum Gasteiger partial charge on any atom is 0.122 e. The first kappa shape index (κ1) is 14.2. The molecule has 0 aliphatic heterocycles. The highest BCUT2D eigenvalue weighted by molar-refractivity contribution is 6.31. The topological polar surface area (TPSA) is 43.0 Å². The van der Waals surface area contributed by atoms with E-state index in [1.54, 1.807) is 12.5 Å². The van der Waals surface area contributed by atoms with Crippen molar-refractivity contribution in [1.29, 1.82) is 0 Å². The van der Waals surface area contributed by atoms with Gasteiger partial charge in [-0.1, -0.05) is 25.4 Å². The Morgan fingerprint density at radius 2 is 2.26 bits per heavy atom. The number of nitrogens with one attached hydrogen (secondary N) is 1. The standard InChI is InChI=1S/C14H20ClN3O/c1-10(2)6-16-8-14-12(4-5-19-14)9-18-11(3)13(15)7-17-18/h4-5,7,10,16H,6,8-9H2,1-3H3. The zero-order valence-corrected chi connectivity index (χ0v) is 12.4. The minimum absolute atomic E-state index is 0.630. The van der Waals surface area contributed by atoms with Crippen molar-refractivity contribution in [3.05, 3.63) is 40.6 Å². The lowest BCUT2D eigenvalue weighted by atomic mass is 10.2. The van der Waals surface area contributed by atoms with Crippen molar-refractivity contribution >= 4 is 11.6 Å². The Labute approximate surface area is 118 Å². The van der Waals surface area contributed by atoms with Gasteiger partial charge >= 0.3 is 0 Å². The molecule has 104 valence electrons. The SMILES string of the molecule is Cc1c(Cl)cnn1Cc1ccoc1CNCC(C)C. The van der Waals surface area contributed by atoms with Gasteiger partial charge in [0.05, 0.1) is 36.3 Å². The molecular formula is C14H20ClN3O. The quantitative estimate of drug-likeness (QED) is 0.884. The maximum atomic E-state index is 6.01. The number of furan rings is 1. The molecule has 0 aliphatic rings. The highest BCUT2D eigenvalue weighted by Gasteiger charge is 2.10. The Balaban J connectivity index is 2.01. The van der Waals surface area contributed by atoms with E-state index in [1.807, 2.05) is 17.7 Å². The second-order valence-electron chi connectivity index (χ2n) is 5.13. The van der Waals surface area contributed by atoms with Gasteiger partial charge in [-0.3, -0.25) is 4.68 Å². The third-order valence-electron chi connectivity index (χ3n) is 3.04. The predicted molar refractivity (Wildman–Crippen MR) is 76.3 cm³/mol. The molecule has 19 heavy (non-hydrogen) atoms. The van der Waals surface area contributed by atoms with Crippen LogP contribution in [0.25, 0.3) is 0 Å². The van der Waals surface area contributed by atoms with E-state index in [0.717, 1.165) is 30.1 Å². The minimum atomic E-state index is 0.630. The normalized spacial score (nSPS) is 11.4. The fourth-order valence-electron chi connectivity index (χ4n) is 1.88. The van der Waals surface area contributed by atoms with Gasteiger partial charge in [-0.2, -0.15) is 5.10 Å². The van der Waals surface area contributed by atoms with Gasteiger partial charge in [0.2, 0.25) is 0 Å². The number of rotatable bonds is 6. The second-order valence-corrected chi connectivity index (χ2v) is 5.54. The van der Waals surface area contributed by atoms with Gasteiger partial charge in [0.1, 0.15) is 5.76 Å². The van der Waals surface area contributed by atoms with E-state index in [-0.39, 0.29) is 0 Å². The minimum Gasteiger partial charge on any atom is -0.468 e.